The molecule has 7 heteroatoms. The quantitative estimate of drug-likeness (QED) is 0.858. The number of nitrogens with zero attached hydrogens (tertiary/aromatic N) is 4. The van der Waals surface area contributed by atoms with Crippen molar-refractivity contribution in [2.75, 3.05) is 13.1 Å². The highest BCUT2D eigenvalue weighted by Crippen LogP contribution is 2.32. The molecule has 0 N–H and O–H groups in total. The largest absolute Gasteiger partial charge is 0.338 e. The van der Waals surface area contributed by atoms with Crippen molar-refractivity contribution in [3.63, 3.8) is 0 Å². The predicted molar refractivity (Wildman–Crippen MR) is 78.8 cm³/mol. The van der Waals surface area contributed by atoms with E-state index in [1.807, 2.05) is 4.90 Å². The molecule has 2 saturated heterocycles. The molecule has 110 valence electrons. The maximum absolute atomic E-state index is 11.8. The third-order valence-electron chi connectivity index (χ3n) is 4.42. The molecule has 1 aromatic heterocycles. The molecule has 20 heavy (non-hydrogen) atoms. The fraction of sp³-hybridized carbons (Fsp3) is 0.769. The van der Waals surface area contributed by atoms with Gasteiger partial charge >= 0.3 is 0 Å². The van der Waals surface area contributed by atoms with Crippen LogP contribution in [0.2, 0.25) is 4.34 Å². The maximum Gasteiger partial charge on any atom is 0.219 e. The van der Waals surface area contributed by atoms with Gasteiger partial charge in [0.05, 0.1) is 0 Å². The van der Waals surface area contributed by atoms with Crippen LogP contribution in [-0.2, 0) is 11.3 Å². The summed E-state index contributed by atoms with van der Waals surface area (Å²) in [6.07, 6.45) is 4.57. The molecule has 5 nitrogen and oxygen atoms in total. The second-order valence-electron chi connectivity index (χ2n) is 5.60. The van der Waals surface area contributed by atoms with Crippen molar-refractivity contribution >= 4 is 29.0 Å². The monoisotopic (exact) mass is 314 g/mol. The average Bonchev–Trinajstić information content (AvgIpc) is 3.11. The topological polar surface area (TPSA) is 49.3 Å². The highest BCUT2D eigenvalue weighted by molar-refractivity contribution is 7.10. The van der Waals surface area contributed by atoms with E-state index in [1.165, 1.54) is 18.0 Å². The number of carbonyl (C=O) groups excluding carboxylic acids is 1. The molecule has 2 aliphatic heterocycles. The van der Waals surface area contributed by atoms with Crippen molar-refractivity contribution < 1.29 is 4.79 Å². The van der Waals surface area contributed by atoms with Crippen LogP contribution in [0.15, 0.2) is 0 Å². The van der Waals surface area contributed by atoms with Gasteiger partial charge in [0.2, 0.25) is 5.91 Å². The molecular formula is C13H19ClN4OS. The molecule has 0 bridgehead atoms. The van der Waals surface area contributed by atoms with Gasteiger partial charge in [0.1, 0.15) is 10.0 Å². The Morgan fingerprint density at radius 3 is 2.80 bits per heavy atom. The van der Waals surface area contributed by atoms with Gasteiger partial charge in [-0.1, -0.05) is 16.1 Å². The summed E-state index contributed by atoms with van der Waals surface area (Å²) in [7, 11) is 0. The number of halogens is 1. The fourth-order valence-corrected chi connectivity index (χ4v) is 4.16. The molecule has 1 aromatic rings. The molecule has 1 amide bonds. The van der Waals surface area contributed by atoms with Crippen LogP contribution < -0.4 is 0 Å². The number of likely N-dealkylation sites (tertiary alicyclic amines) is 2. The lowest BCUT2D eigenvalue weighted by molar-refractivity contribution is -0.130. The number of carbonyl (C=O) groups is 1. The lowest BCUT2D eigenvalue weighted by Crippen LogP contribution is -2.47. The lowest BCUT2D eigenvalue weighted by Gasteiger charge is -2.34. The van der Waals surface area contributed by atoms with E-state index < -0.39 is 0 Å². The average molecular weight is 315 g/mol. The summed E-state index contributed by atoms with van der Waals surface area (Å²) in [6, 6.07) is 0.805. The molecule has 2 aliphatic rings. The number of hydrogen-bond donors (Lipinski definition) is 0. The van der Waals surface area contributed by atoms with Crippen LogP contribution in [0, 0.1) is 0 Å². The van der Waals surface area contributed by atoms with Crippen molar-refractivity contribution in [2.24, 2.45) is 0 Å². The predicted octanol–water partition coefficient (Wildman–Crippen LogP) is 2.17. The number of rotatable bonds is 3. The highest BCUT2D eigenvalue weighted by Gasteiger charge is 2.38. The molecule has 0 unspecified atom stereocenters. The van der Waals surface area contributed by atoms with E-state index in [1.54, 1.807) is 6.92 Å². The Bertz CT molecular complexity index is 494. The van der Waals surface area contributed by atoms with E-state index in [-0.39, 0.29) is 5.91 Å². The molecule has 2 fully saturated rings. The van der Waals surface area contributed by atoms with Gasteiger partial charge in [-0.15, -0.1) is 5.10 Å². The van der Waals surface area contributed by atoms with Gasteiger partial charge in [0.25, 0.3) is 0 Å². The van der Waals surface area contributed by atoms with Gasteiger partial charge in [-0.05, 0) is 32.2 Å². The Labute approximate surface area is 128 Å². The van der Waals surface area contributed by atoms with E-state index in [4.69, 9.17) is 11.6 Å². The van der Waals surface area contributed by atoms with Crippen molar-refractivity contribution in [3.05, 3.63) is 10.0 Å². The lowest BCUT2D eigenvalue weighted by atomic mass is 10.0. The van der Waals surface area contributed by atoms with E-state index in [9.17, 15) is 4.79 Å². The summed E-state index contributed by atoms with van der Waals surface area (Å²) < 4.78 is 4.58. The van der Waals surface area contributed by atoms with Crippen LogP contribution >= 0.6 is 23.1 Å². The molecule has 0 spiro atoms. The minimum atomic E-state index is 0.202. The SMILES string of the molecule is CC(=O)N1CCC[C@@H]1[C@@H]1CCCN1Cc1nnsc1Cl. The number of amides is 1. The Morgan fingerprint density at radius 1 is 1.35 bits per heavy atom. The first-order chi connectivity index (χ1) is 9.66. The molecule has 3 heterocycles. The van der Waals surface area contributed by atoms with E-state index in [0.29, 0.717) is 16.4 Å². The third kappa shape index (κ3) is 2.69. The zero-order valence-corrected chi connectivity index (χ0v) is 13.2. The van der Waals surface area contributed by atoms with Crippen LogP contribution in [0.5, 0.6) is 0 Å². The molecule has 0 aromatic carbocycles. The number of hydrogen-bond acceptors (Lipinski definition) is 5. The van der Waals surface area contributed by atoms with Crippen LogP contribution in [-0.4, -0.2) is 50.5 Å². The van der Waals surface area contributed by atoms with Crippen LogP contribution in [0.3, 0.4) is 0 Å². The minimum absolute atomic E-state index is 0.202. The van der Waals surface area contributed by atoms with Gasteiger partial charge in [0.15, 0.2) is 0 Å². The summed E-state index contributed by atoms with van der Waals surface area (Å²) in [5.41, 5.74) is 0.871. The zero-order valence-electron chi connectivity index (χ0n) is 11.6. The molecule has 0 aliphatic carbocycles. The molecule has 0 saturated carbocycles. The zero-order chi connectivity index (χ0) is 14.1. The summed E-state index contributed by atoms with van der Waals surface area (Å²) in [5, 5.41) is 4.11. The summed E-state index contributed by atoms with van der Waals surface area (Å²) in [4.78, 5) is 16.2. The van der Waals surface area contributed by atoms with E-state index >= 15 is 0 Å². The van der Waals surface area contributed by atoms with E-state index in [2.05, 4.69) is 14.5 Å². The molecular weight excluding hydrogens is 296 g/mol. The minimum Gasteiger partial charge on any atom is -0.338 e. The second-order valence-corrected chi connectivity index (χ2v) is 6.95. The van der Waals surface area contributed by atoms with Crippen LogP contribution in [0.1, 0.15) is 38.3 Å². The Hall–Kier alpha value is -0.720. The van der Waals surface area contributed by atoms with Crippen molar-refractivity contribution in [3.8, 4) is 0 Å². The second kappa shape index (κ2) is 5.95. The first-order valence-electron chi connectivity index (χ1n) is 7.15. The van der Waals surface area contributed by atoms with Crippen molar-refractivity contribution in [1.29, 1.82) is 0 Å². The van der Waals surface area contributed by atoms with Crippen LogP contribution in [0.25, 0.3) is 0 Å². The van der Waals surface area contributed by atoms with E-state index in [0.717, 1.165) is 44.6 Å². The standard InChI is InChI=1S/C13H19ClN4OS/c1-9(19)18-7-3-5-12(18)11-4-2-6-17(11)8-10-13(14)20-16-15-10/h11-12H,2-8H2,1H3/t11-,12+/m0/s1. The Morgan fingerprint density at radius 2 is 2.10 bits per heavy atom. The molecule has 0 radical (unpaired) electrons. The first kappa shape index (κ1) is 14.2. The van der Waals surface area contributed by atoms with Crippen molar-refractivity contribution in [2.45, 2.75) is 51.2 Å². The number of aromatic nitrogens is 2. The molecule has 3 rings (SSSR count). The van der Waals surface area contributed by atoms with Crippen molar-refractivity contribution in [1.82, 2.24) is 19.4 Å². The van der Waals surface area contributed by atoms with Gasteiger partial charge < -0.3 is 4.90 Å². The highest BCUT2D eigenvalue weighted by atomic mass is 35.5. The van der Waals surface area contributed by atoms with Gasteiger partial charge in [0, 0.05) is 43.6 Å². The smallest absolute Gasteiger partial charge is 0.219 e. The van der Waals surface area contributed by atoms with Crippen LogP contribution in [0.4, 0.5) is 0 Å². The normalized spacial score (nSPS) is 27.4. The van der Waals surface area contributed by atoms with Gasteiger partial charge in [-0.25, -0.2) is 0 Å². The Kier molecular flexibility index (Phi) is 4.23. The van der Waals surface area contributed by atoms with Gasteiger partial charge in [-0.3, -0.25) is 9.69 Å². The third-order valence-corrected chi connectivity index (χ3v) is 5.41. The summed E-state index contributed by atoms with van der Waals surface area (Å²) >= 11 is 7.35. The fourth-order valence-electron chi connectivity index (χ4n) is 3.55. The molecule has 2 atom stereocenters. The van der Waals surface area contributed by atoms with Gasteiger partial charge in [-0.2, -0.15) is 0 Å². The Balaban J connectivity index is 1.72. The maximum atomic E-state index is 11.8. The summed E-state index contributed by atoms with van der Waals surface area (Å²) in [5.74, 6) is 0.202. The summed E-state index contributed by atoms with van der Waals surface area (Å²) in [6.45, 7) is 4.39. The first-order valence-corrected chi connectivity index (χ1v) is 8.30.